The largest absolute Gasteiger partial charge is 0.497 e. The van der Waals surface area contributed by atoms with Crippen molar-refractivity contribution in [1.29, 1.82) is 0 Å². The highest BCUT2D eigenvalue weighted by Gasteiger charge is 2.29. The lowest BCUT2D eigenvalue weighted by Crippen LogP contribution is -2.23. The van der Waals surface area contributed by atoms with Crippen LogP contribution in [-0.4, -0.2) is 24.2 Å². The predicted molar refractivity (Wildman–Crippen MR) is 84.3 cm³/mol. The summed E-state index contributed by atoms with van der Waals surface area (Å²) in [5.74, 6) is -2.64. The molecule has 0 saturated heterocycles. The first-order valence-electron chi connectivity index (χ1n) is 7.10. The molecule has 0 bridgehead atoms. The zero-order valence-electron chi connectivity index (χ0n) is 13.0. The molecular weight excluding hydrogens is 296 g/mol. The Labute approximate surface area is 134 Å². The van der Waals surface area contributed by atoms with E-state index in [1.165, 1.54) is 0 Å². The van der Waals surface area contributed by atoms with E-state index in [1.54, 1.807) is 55.6 Å². The lowest BCUT2D eigenvalue weighted by molar-refractivity contribution is -0.155. The molecule has 0 radical (unpaired) electrons. The first-order valence-corrected chi connectivity index (χ1v) is 7.10. The Morgan fingerprint density at radius 2 is 1.65 bits per heavy atom. The van der Waals surface area contributed by atoms with E-state index in [0.29, 0.717) is 11.3 Å². The van der Waals surface area contributed by atoms with Crippen LogP contribution in [0.2, 0.25) is 0 Å². The summed E-state index contributed by atoms with van der Waals surface area (Å²) < 4.78 is 10.2. The molecule has 1 N–H and O–H groups in total. The third kappa shape index (κ3) is 4.32. The number of carboxylic acid groups (broad SMARTS) is 1. The Kier molecular flexibility index (Phi) is 5.36. The van der Waals surface area contributed by atoms with Crippen LogP contribution in [0.1, 0.15) is 22.6 Å². The summed E-state index contributed by atoms with van der Waals surface area (Å²) >= 11 is 0. The summed E-state index contributed by atoms with van der Waals surface area (Å²) in [5, 5.41) is 9.31. The highest BCUT2D eigenvalue weighted by Crippen LogP contribution is 2.20. The van der Waals surface area contributed by atoms with Gasteiger partial charge in [-0.3, -0.25) is 9.59 Å². The maximum atomic E-state index is 12.1. The fraction of sp³-hybridized carbons (Fsp3) is 0.222. The summed E-state index contributed by atoms with van der Waals surface area (Å²) in [7, 11) is 1.56. The number of benzene rings is 2. The third-order valence-corrected chi connectivity index (χ3v) is 3.43. The minimum atomic E-state index is -1.33. The average molecular weight is 314 g/mol. The van der Waals surface area contributed by atoms with Gasteiger partial charge in [-0.25, -0.2) is 0 Å². The van der Waals surface area contributed by atoms with Crippen molar-refractivity contribution < 1.29 is 24.2 Å². The van der Waals surface area contributed by atoms with Gasteiger partial charge < -0.3 is 14.6 Å². The normalized spacial score (nSPS) is 11.6. The van der Waals surface area contributed by atoms with Crippen LogP contribution in [0.3, 0.4) is 0 Å². The number of carbonyl (C=O) groups excluding carboxylic acids is 1. The molecule has 0 saturated carbocycles. The highest BCUT2D eigenvalue weighted by atomic mass is 16.5. The van der Waals surface area contributed by atoms with Gasteiger partial charge in [0, 0.05) is 0 Å². The fourth-order valence-electron chi connectivity index (χ4n) is 2.10. The van der Waals surface area contributed by atoms with Gasteiger partial charge in [-0.05, 0) is 30.2 Å². The molecule has 0 aliphatic heterocycles. The summed E-state index contributed by atoms with van der Waals surface area (Å²) in [5.41, 5.74) is 2.15. The third-order valence-electron chi connectivity index (χ3n) is 3.43. The predicted octanol–water partition coefficient (Wildman–Crippen LogP) is 2.92. The van der Waals surface area contributed by atoms with Crippen molar-refractivity contribution in [2.75, 3.05) is 7.11 Å². The van der Waals surface area contributed by atoms with Gasteiger partial charge in [-0.15, -0.1) is 0 Å². The Bertz CT molecular complexity index is 674. The Morgan fingerprint density at radius 1 is 1.04 bits per heavy atom. The van der Waals surface area contributed by atoms with Crippen molar-refractivity contribution in [2.45, 2.75) is 19.4 Å². The van der Waals surface area contributed by atoms with Crippen molar-refractivity contribution in [2.24, 2.45) is 0 Å². The Balaban J connectivity index is 2.06. The second kappa shape index (κ2) is 7.45. The molecule has 2 rings (SSSR count). The van der Waals surface area contributed by atoms with Gasteiger partial charge in [0.1, 0.15) is 12.4 Å². The standard InChI is InChI=1S/C18H18O5/c1-12-3-7-14(8-4-12)16(17(19)20)18(21)23-11-13-5-9-15(22-2)10-6-13/h3-10,16H,11H2,1-2H3,(H,19,20). The number of carbonyl (C=O) groups is 2. The molecule has 120 valence electrons. The number of methoxy groups -OCH3 is 1. The molecule has 2 aromatic carbocycles. The van der Waals surface area contributed by atoms with Crippen LogP contribution in [0, 0.1) is 6.92 Å². The van der Waals surface area contributed by atoms with Gasteiger partial charge in [0.15, 0.2) is 5.92 Å². The monoisotopic (exact) mass is 314 g/mol. The molecule has 0 aliphatic carbocycles. The minimum absolute atomic E-state index is 0.0124. The molecule has 5 nitrogen and oxygen atoms in total. The number of hydrogen-bond donors (Lipinski definition) is 1. The second-order valence-corrected chi connectivity index (χ2v) is 5.14. The molecule has 0 aromatic heterocycles. The molecule has 0 heterocycles. The van der Waals surface area contributed by atoms with Crippen molar-refractivity contribution in [1.82, 2.24) is 0 Å². The molecule has 0 aliphatic rings. The maximum Gasteiger partial charge on any atom is 0.325 e. The van der Waals surface area contributed by atoms with Crippen LogP contribution >= 0.6 is 0 Å². The molecule has 1 atom stereocenters. The number of carboxylic acids is 1. The van der Waals surface area contributed by atoms with Crippen LogP contribution in [0.15, 0.2) is 48.5 Å². The van der Waals surface area contributed by atoms with Crippen LogP contribution in [0.25, 0.3) is 0 Å². The topological polar surface area (TPSA) is 72.8 Å². The first kappa shape index (κ1) is 16.5. The van der Waals surface area contributed by atoms with Gasteiger partial charge in [0.25, 0.3) is 0 Å². The lowest BCUT2D eigenvalue weighted by atomic mass is 9.98. The molecule has 23 heavy (non-hydrogen) atoms. The Morgan fingerprint density at radius 3 is 2.17 bits per heavy atom. The van der Waals surface area contributed by atoms with Crippen LogP contribution < -0.4 is 4.74 Å². The van der Waals surface area contributed by atoms with Crippen molar-refractivity contribution >= 4 is 11.9 Å². The maximum absolute atomic E-state index is 12.1. The molecule has 1 unspecified atom stereocenters. The van der Waals surface area contributed by atoms with Gasteiger partial charge in [-0.1, -0.05) is 42.0 Å². The Hall–Kier alpha value is -2.82. The zero-order valence-corrected chi connectivity index (χ0v) is 13.0. The molecule has 0 fully saturated rings. The molecule has 5 heteroatoms. The van der Waals surface area contributed by atoms with E-state index < -0.39 is 17.9 Å². The van der Waals surface area contributed by atoms with E-state index >= 15 is 0 Å². The zero-order chi connectivity index (χ0) is 16.8. The van der Waals surface area contributed by atoms with Crippen molar-refractivity contribution in [3.63, 3.8) is 0 Å². The number of rotatable bonds is 6. The van der Waals surface area contributed by atoms with Gasteiger partial charge in [0.2, 0.25) is 0 Å². The van der Waals surface area contributed by atoms with Crippen molar-refractivity contribution in [3.05, 3.63) is 65.2 Å². The summed E-state index contributed by atoms with van der Waals surface area (Å²) in [6, 6.07) is 13.8. The van der Waals surface area contributed by atoms with E-state index in [4.69, 9.17) is 9.47 Å². The summed E-state index contributed by atoms with van der Waals surface area (Å²) in [4.78, 5) is 23.5. The number of aliphatic carboxylic acids is 1. The van der Waals surface area contributed by atoms with Gasteiger partial charge in [-0.2, -0.15) is 0 Å². The van der Waals surface area contributed by atoms with E-state index in [1.807, 2.05) is 6.92 Å². The second-order valence-electron chi connectivity index (χ2n) is 5.14. The first-order chi connectivity index (χ1) is 11.0. The lowest BCUT2D eigenvalue weighted by Gasteiger charge is -2.13. The quantitative estimate of drug-likeness (QED) is 0.655. The summed E-state index contributed by atoms with van der Waals surface area (Å²) in [6.07, 6.45) is 0. The van der Waals surface area contributed by atoms with E-state index in [2.05, 4.69) is 0 Å². The minimum Gasteiger partial charge on any atom is -0.497 e. The van der Waals surface area contributed by atoms with Crippen LogP contribution in [0.5, 0.6) is 5.75 Å². The van der Waals surface area contributed by atoms with Crippen LogP contribution in [0.4, 0.5) is 0 Å². The number of aryl methyl sites for hydroxylation is 1. The number of esters is 1. The number of hydrogen-bond acceptors (Lipinski definition) is 4. The average Bonchev–Trinajstić information content (AvgIpc) is 2.55. The van der Waals surface area contributed by atoms with E-state index in [-0.39, 0.29) is 6.61 Å². The molecule has 0 spiro atoms. The smallest absolute Gasteiger partial charge is 0.325 e. The molecular formula is C18H18O5. The fourth-order valence-corrected chi connectivity index (χ4v) is 2.10. The highest BCUT2D eigenvalue weighted by molar-refractivity contribution is 5.99. The van der Waals surface area contributed by atoms with E-state index in [9.17, 15) is 14.7 Å². The van der Waals surface area contributed by atoms with Gasteiger partial charge in [0.05, 0.1) is 7.11 Å². The van der Waals surface area contributed by atoms with Crippen LogP contribution in [-0.2, 0) is 20.9 Å². The summed E-state index contributed by atoms with van der Waals surface area (Å²) in [6.45, 7) is 1.90. The number of ether oxygens (including phenoxy) is 2. The van der Waals surface area contributed by atoms with Gasteiger partial charge >= 0.3 is 11.9 Å². The molecule has 0 amide bonds. The SMILES string of the molecule is COc1ccc(COC(=O)C(C(=O)O)c2ccc(C)cc2)cc1. The molecule has 2 aromatic rings. The van der Waals surface area contributed by atoms with E-state index in [0.717, 1.165) is 11.1 Å². The van der Waals surface area contributed by atoms with Crippen molar-refractivity contribution in [3.8, 4) is 5.75 Å².